The molecule has 2 aromatic heterocycles. The van der Waals surface area contributed by atoms with Crippen LogP contribution in [0.25, 0.3) is 11.0 Å². The largest absolute Gasteiger partial charge is 0.477 e. The fourth-order valence-corrected chi connectivity index (χ4v) is 2.21. The second kappa shape index (κ2) is 4.78. The van der Waals surface area contributed by atoms with Crippen LogP contribution in [0, 0.1) is 0 Å². The number of imidazole rings is 1. The number of nitrogens with zero attached hydrogens (tertiary/aromatic N) is 2. The van der Waals surface area contributed by atoms with Gasteiger partial charge in [-0.25, -0.2) is 14.6 Å². The Bertz CT molecular complexity index is 880. The fraction of sp³-hybridized carbons (Fsp3) is 0.0714. The molecule has 0 fully saturated rings. The van der Waals surface area contributed by atoms with Gasteiger partial charge in [-0.3, -0.25) is 4.57 Å². The summed E-state index contributed by atoms with van der Waals surface area (Å²) in [5, 5.41) is 9.04. The van der Waals surface area contributed by atoms with Crippen LogP contribution in [0.2, 0.25) is 0 Å². The standard InChI is InChI=1S/C14H12N4O3/c15-12-11-10(6-9(16-12)13(19)20)18(14(21)17-11)7-8-4-2-1-3-5-8/h1-6H,7H2,(H2,15,16)(H,17,21)(H,19,20). The molecule has 0 aliphatic heterocycles. The first-order chi connectivity index (χ1) is 10.1. The first kappa shape index (κ1) is 12.9. The molecule has 0 atom stereocenters. The Morgan fingerprint density at radius 2 is 2.05 bits per heavy atom. The maximum atomic E-state index is 12.1. The van der Waals surface area contributed by atoms with Gasteiger partial charge in [0.15, 0.2) is 5.69 Å². The molecule has 1 aromatic carbocycles. The van der Waals surface area contributed by atoms with Gasteiger partial charge in [-0.1, -0.05) is 30.3 Å². The molecule has 0 radical (unpaired) electrons. The third-order valence-corrected chi connectivity index (χ3v) is 3.20. The summed E-state index contributed by atoms with van der Waals surface area (Å²) in [5.41, 5.74) is 6.86. The normalized spacial score (nSPS) is 10.9. The van der Waals surface area contributed by atoms with Crippen molar-refractivity contribution in [1.29, 1.82) is 0 Å². The quantitative estimate of drug-likeness (QED) is 0.665. The first-order valence-corrected chi connectivity index (χ1v) is 6.22. The Balaban J connectivity index is 2.20. The summed E-state index contributed by atoms with van der Waals surface area (Å²) in [6.07, 6.45) is 0. The van der Waals surface area contributed by atoms with Crippen LogP contribution in [-0.2, 0) is 6.54 Å². The number of fused-ring (bicyclic) bond motifs is 1. The lowest BCUT2D eigenvalue weighted by molar-refractivity contribution is 0.0691. The predicted octanol–water partition coefficient (Wildman–Crippen LogP) is 1.05. The van der Waals surface area contributed by atoms with Gasteiger partial charge < -0.3 is 15.8 Å². The number of nitrogens with two attached hydrogens (primary N) is 1. The van der Waals surface area contributed by atoms with Crippen molar-refractivity contribution in [3.05, 3.63) is 58.1 Å². The van der Waals surface area contributed by atoms with E-state index in [1.54, 1.807) is 0 Å². The van der Waals surface area contributed by atoms with Crippen molar-refractivity contribution in [3.8, 4) is 0 Å². The average molecular weight is 284 g/mol. The zero-order valence-corrected chi connectivity index (χ0v) is 10.9. The van der Waals surface area contributed by atoms with Crippen LogP contribution in [0.15, 0.2) is 41.2 Å². The van der Waals surface area contributed by atoms with E-state index >= 15 is 0 Å². The number of benzene rings is 1. The summed E-state index contributed by atoms with van der Waals surface area (Å²) in [6.45, 7) is 0.322. The lowest BCUT2D eigenvalue weighted by Gasteiger charge is -2.05. The van der Waals surface area contributed by atoms with E-state index in [9.17, 15) is 9.59 Å². The van der Waals surface area contributed by atoms with Crippen molar-refractivity contribution in [3.63, 3.8) is 0 Å². The van der Waals surface area contributed by atoms with Gasteiger partial charge in [-0.05, 0) is 11.6 Å². The molecule has 0 spiro atoms. The molecule has 0 saturated carbocycles. The van der Waals surface area contributed by atoms with E-state index in [2.05, 4.69) is 9.97 Å². The van der Waals surface area contributed by atoms with Crippen LogP contribution in [0.4, 0.5) is 5.82 Å². The number of nitrogen functional groups attached to an aromatic ring is 1. The van der Waals surface area contributed by atoms with Gasteiger partial charge in [0.25, 0.3) is 0 Å². The molecule has 0 aliphatic carbocycles. The van der Waals surface area contributed by atoms with Gasteiger partial charge in [-0.15, -0.1) is 0 Å². The Morgan fingerprint density at radius 1 is 1.33 bits per heavy atom. The third-order valence-electron chi connectivity index (χ3n) is 3.20. The van der Waals surface area contributed by atoms with Crippen LogP contribution in [-0.4, -0.2) is 25.6 Å². The molecule has 0 saturated heterocycles. The average Bonchev–Trinajstić information content (AvgIpc) is 2.77. The predicted molar refractivity (Wildman–Crippen MR) is 77.3 cm³/mol. The zero-order valence-electron chi connectivity index (χ0n) is 10.9. The van der Waals surface area contributed by atoms with Crippen molar-refractivity contribution in [1.82, 2.24) is 14.5 Å². The number of aromatic carboxylic acids is 1. The van der Waals surface area contributed by atoms with E-state index < -0.39 is 5.97 Å². The van der Waals surface area contributed by atoms with E-state index in [0.29, 0.717) is 17.6 Å². The van der Waals surface area contributed by atoms with Gasteiger partial charge in [0, 0.05) is 0 Å². The maximum Gasteiger partial charge on any atom is 0.354 e. The molecule has 4 N–H and O–H groups in total. The van der Waals surface area contributed by atoms with Crippen LogP contribution < -0.4 is 11.4 Å². The first-order valence-electron chi connectivity index (χ1n) is 6.22. The van der Waals surface area contributed by atoms with Crippen LogP contribution in [0.1, 0.15) is 16.1 Å². The van der Waals surface area contributed by atoms with E-state index in [0.717, 1.165) is 5.56 Å². The number of hydrogen-bond acceptors (Lipinski definition) is 4. The van der Waals surface area contributed by atoms with Gasteiger partial charge in [0.05, 0.1) is 12.1 Å². The topological polar surface area (TPSA) is 114 Å². The lowest BCUT2D eigenvalue weighted by Crippen LogP contribution is -2.17. The number of H-pyrrole nitrogens is 1. The van der Waals surface area contributed by atoms with Crippen LogP contribution >= 0.6 is 0 Å². The number of aromatic amines is 1. The number of nitrogens with one attached hydrogen (secondary N) is 1. The Morgan fingerprint density at radius 3 is 2.71 bits per heavy atom. The molecule has 21 heavy (non-hydrogen) atoms. The van der Waals surface area contributed by atoms with Gasteiger partial charge >= 0.3 is 11.7 Å². The minimum Gasteiger partial charge on any atom is -0.477 e. The van der Waals surface area contributed by atoms with E-state index in [1.165, 1.54) is 10.6 Å². The maximum absolute atomic E-state index is 12.1. The SMILES string of the molecule is Nc1nc(C(=O)O)cc2c1[nH]c(=O)n2Cc1ccccc1. The number of anilines is 1. The molecular weight excluding hydrogens is 272 g/mol. The van der Waals surface area contributed by atoms with Crippen LogP contribution in [0.3, 0.4) is 0 Å². The fourth-order valence-electron chi connectivity index (χ4n) is 2.21. The summed E-state index contributed by atoms with van der Waals surface area (Å²) in [6, 6.07) is 10.7. The van der Waals surface area contributed by atoms with E-state index in [1.807, 2.05) is 30.3 Å². The second-order valence-electron chi connectivity index (χ2n) is 4.59. The highest BCUT2D eigenvalue weighted by atomic mass is 16.4. The summed E-state index contributed by atoms with van der Waals surface area (Å²) in [7, 11) is 0. The smallest absolute Gasteiger partial charge is 0.354 e. The third kappa shape index (κ3) is 2.25. The zero-order chi connectivity index (χ0) is 15.0. The highest BCUT2D eigenvalue weighted by Crippen LogP contribution is 2.18. The number of hydrogen-bond donors (Lipinski definition) is 3. The highest BCUT2D eigenvalue weighted by Gasteiger charge is 2.15. The molecule has 2 heterocycles. The van der Waals surface area contributed by atoms with Crippen molar-refractivity contribution in [2.75, 3.05) is 5.73 Å². The summed E-state index contributed by atoms with van der Waals surface area (Å²) < 4.78 is 1.44. The number of carbonyl (C=O) groups is 1. The van der Waals surface area contributed by atoms with Crippen molar-refractivity contribution in [2.45, 2.75) is 6.54 Å². The molecule has 3 aromatic rings. The van der Waals surface area contributed by atoms with Crippen molar-refractivity contribution >= 4 is 22.8 Å². The van der Waals surface area contributed by atoms with E-state index in [4.69, 9.17) is 10.8 Å². The molecule has 0 amide bonds. The number of rotatable bonds is 3. The van der Waals surface area contributed by atoms with Crippen LogP contribution in [0.5, 0.6) is 0 Å². The molecule has 7 heteroatoms. The van der Waals surface area contributed by atoms with Gasteiger partial charge in [0.2, 0.25) is 0 Å². The molecule has 3 rings (SSSR count). The van der Waals surface area contributed by atoms with Gasteiger partial charge in [-0.2, -0.15) is 0 Å². The monoisotopic (exact) mass is 284 g/mol. The number of carboxylic acids is 1. The second-order valence-corrected chi connectivity index (χ2v) is 4.59. The lowest BCUT2D eigenvalue weighted by atomic mass is 10.2. The number of pyridine rings is 1. The van der Waals surface area contributed by atoms with Gasteiger partial charge in [0.1, 0.15) is 11.3 Å². The van der Waals surface area contributed by atoms with E-state index in [-0.39, 0.29) is 17.2 Å². The molecule has 0 unspecified atom stereocenters. The number of aromatic nitrogens is 3. The van der Waals surface area contributed by atoms with Crippen molar-refractivity contribution < 1.29 is 9.90 Å². The Hall–Kier alpha value is -3.09. The summed E-state index contributed by atoms with van der Waals surface area (Å²) >= 11 is 0. The summed E-state index contributed by atoms with van der Waals surface area (Å²) in [4.78, 5) is 29.5. The molecule has 0 aliphatic rings. The molecular formula is C14H12N4O3. The minimum absolute atomic E-state index is 0.00573. The number of carboxylic acid groups (broad SMARTS) is 1. The van der Waals surface area contributed by atoms with Crippen molar-refractivity contribution in [2.24, 2.45) is 0 Å². The molecule has 106 valence electrons. The Labute approximate surface area is 118 Å². The Kier molecular flexibility index (Phi) is 2.94. The minimum atomic E-state index is -1.19. The highest BCUT2D eigenvalue weighted by molar-refractivity contribution is 5.93. The molecule has 7 nitrogen and oxygen atoms in total. The molecule has 0 bridgehead atoms. The summed E-state index contributed by atoms with van der Waals surface area (Å²) in [5.74, 6) is -1.20.